The van der Waals surface area contributed by atoms with E-state index >= 15 is 0 Å². The smallest absolute Gasteiger partial charge is 0.412 e. The highest BCUT2D eigenvalue weighted by atomic mass is 16.6. The molecular weight excluding hydrogens is 464 g/mol. The summed E-state index contributed by atoms with van der Waals surface area (Å²) >= 11 is 0. The molecule has 1 spiro atoms. The molecule has 2 aromatic carbocycles. The molecule has 2 fully saturated rings. The Morgan fingerprint density at radius 2 is 1.61 bits per heavy atom. The van der Waals surface area contributed by atoms with Crippen LogP contribution in [0.1, 0.15) is 18.4 Å². The van der Waals surface area contributed by atoms with Gasteiger partial charge in [-0.15, -0.1) is 0 Å². The molecule has 4 rings (SSSR count). The van der Waals surface area contributed by atoms with Crippen LogP contribution in [-0.4, -0.2) is 72.6 Å². The highest BCUT2D eigenvalue weighted by Gasteiger charge is 2.62. The number of ether oxygens (including phenoxy) is 2. The molecule has 0 radical (unpaired) electrons. The summed E-state index contributed by atoms with van der Waals surface area (Å²) in [7, 11) is 3.09. The zero-order chi connectivity index (χ0) is 25.7. The Kier molecular flexibility index (Phi) is 7.42. The average Bonchev–Trinajstić information content (AvgIpc) is 3.09. The predicted octanol–water partition coefficient (Wildman–Crippen LogP) is 2.61. The second-order valence-electron chi connectivity index (χ2n) is 8.94. The largest absolute Gasteiger partial charge is 0.445 e. The summed E-state index contributed by atoms with van der Waals surface area (Å²) in [6, 6.07) is 18.1. The van der Waals surface area contributed by atoms with E-state index in [1.807, 2.05) is 30.3 Å². The number of para-hydroxylation sites is 1. The van der Waals surface area contributed by atoms with Crippen molar-refractivity contribution in [2.45, 2.75) is 31.1 Å². The van der Waals surface area contributed by atoms with E-state index in [4.69, 9.17) is 9.47 Å². The number of nitrogens with one attached hydrogen (secondary N) is 2. The number of likely N-dealkylation sites (tertiary alicyclic amines) is 2. The number of hydrogen-bond donors (Lipinski definition) is 2. The van der Waals surface area contributed by atoms with Crippen LogP contribution < -0.4 is 10.6 Å². The van der Waals surface area contributed by atoms with Gasteiger partial charge in [-0.25, -0.2) is 9.59 Å². The molecule has 0 aliphatic carbocycles. The van der Waals surface area contributed by atoms with Crippen LogP contribution in [0.4, 0.5) is 15.3 Å². The molecular formula is C26H30N4O6. The molecule has 2 aliphatic heterocycles. The number of hydrogen-bond acceptors (Lipinski definition) is 6. The van der Waals surface area contributed by atoms with Crippen molar-refractivity contribution in [3.8, 4) is 0 Å². The minimum Gasteiger partial charge on any atom is -0.445 e. The third kappa shape index (κ3) is 4.98. The molecule has 36 heavy (non-hydrogen) atoms. The van der Waals surface area contributed by atoms with Gasteiger partial charge in [-0.1, -0.05) is 48.5 Å². The van der Waals surface area contributed by atoms with E-state index in [2.05, 4.69) is 10.6 Å². The minimum absolute atomic E-state index is 0.160. The average molecular weight is 495 g/mol. The maximum absolute atomic E-state index is 13.2. The maximum atomic E-state index is 13.2. The second-order valence-corrected chi connectivity index (χ2v) is 8.94. The van der Waals surface area contributed by atoms with Crippen molar-refractivity contribution < 1.29 is 28.7 Å². The molecule has 0 aromatic heterocycles. The van der Waals surface area contributed by atoms with Gasteiger partial charge in [0.1, 0.15) is 12.5 Å². The Morgan fingerprint density at radius 1 is 1.00 bits per heavy atom. The van der Waals surface area contributed by atoms with Crippen LogP contribution in [0.15, 0.2) is 60.7 Å². The molecule has 0 bridgehead atoms. The van der Waals surface area contributed by atoms with Gasteiger partial charge < -0.3 is 24.6 Å². The summed E-state index contributed by atoms with van der Waals surface area (Å²) in [5, 5.41) is 5.20. The van der Waals surface area contributed by atoms with Gasteiger partial charge in [0.25, 0.3) is 5.91 Å². The van der Waals surface area contributed by atoms with E-state index in [0.717, 1.165) is 5.56 Å². The Labute approximate surface area is 209 Å². The van der Waals surface area contributed by atoms with Gasteiger partial charge in [-0.05, 0) is 30.5 Å². The lowest BCUT2D eigenvalue weighted by Crippen LogP contribution is -2.58. The van der Waals surface area contributed by atoms with Crippen LogP contribution in [0.2, 0.25) is 0 Å². The molecule has 2 aliphatic rings. The lowest BCUT2D eigenvalue weighted by atomic mass is 9.75. The maximum Gasteiger partial charge on any atom is 0.412 e. The van der Waals surface area contributed by atoms with Gasteiger partial charge in [-0.2, -0.15) is 0 Å². The summed E-state index contributed by atoms with van der Waals surface area (Å²) in [4.78, 5) is 54.5. The fraction of sp³-hybridized carbons (Fsp3) is 0.385. The standard InChI is InChI=1S/C26H30N4O6/c1-27-22(31)20-21(36-24(33)28-19-11-7-4-8-12-19)23(32)29(2)26(20)13-15-30(16-14-26)25(34)35-17-18-9-5-3-6-10-18/h3-12,20-21H,13-17H2,1-2H3,(H,27,31)(H,28,33)/t20-,21+/m0/s1. The molecule has 190 valence electrons. The topological polar surface area (TPSA) is 117 Å². The molecule has 2 aromatic rings. The lowest BCUT2D eigenvalue weighted by molar-refractivity contribution is -0.137. The molecule has 0 saturated carbocycles. The quantitative estimate of drug-likeness (QED) is 0.660. The zero-order valence-electron chi connectivity index (χ0n) is 20.3. The summed E-state index contributed by atoms with van der Waals surface area (Å²) in [6.45, 7) is 0.746. The predicted molar refractivity (Wildman–Crippen MR) is 131 cm³/mol. The Morgan fingerprint density at radius 3 is 2.22 bits per heavy atom. The van der Waals surface area contributed by atoms with Crippen molar-refractivity contribution in [2.24, 2.45) is 5.92 Å². The van der Waals surface area contributed by atoms with Crippen LogP contribution in [0.5, 0.6) is 0 Å². The van der Waals surface area contributed by atoms with Gasteiger partial charge in [0.05, 0.1) is 5.54 Å². The first-order valence-corrected chi connectivity index (χ1v) is 11.8. The number of likely N-dealkylation sites (N-methyl/N-ethyl adjacent to an activating group) is 1. The van der Waals surface area contributed by atoms with E-state index in [1.54, 1.807) is 42.3 Å². The van der Waals surface area contributed by atoms with Crippen molar-refractivity contribution >= 4 is 29.7 Å². The fourth-order valence-electron chi connectivity index (χ4n) is 5.02. The summed E-state index contributed by atoms with van der Waals surface area (Å²) in [5.74, 6) is -1.78. The van der Waals surface area contributed by atoms with E-state index in [9.17, 15) is 19.2 Å². The second kappa shape index (κ2) is 10.7. The number of nitrogens with zero attached hydrogens (tertiary/aromatic N) is 2. The number of carbonyl (C=O) groups excluding carboxylic acids is 4. The highest BCUT2D eigenvalue weighted by molar-refractivity contribution is 5.97. The van der Waals surface area contributed by atoms with Gasteiger partial charge >= 0.3 is 12.2 Å². The van der Waals surface area contributed by atoms with Crippen LogP contribution in [0.25, 0.3) is 0 Å². The SMILES string of the molecule is CNC(=O)[C@@H]1[C@@H](OC(=O)Nc2ccccc2)C(=O)N(C)C12CCN(C(=O)OCc1ccccc1)CC2. The molecule has 0 unspecified atom stereocenters. The third-order valence-electron chi connectivity index (χ3n) is 7.00. The van der Waals surface area contributed by atoms with Crippen LogP contribution in [0, 0.1) is 5.92 Å². The molecule has 10 heteroatoms. The number of piperidine rings is 1. The van der Waals surface area contributed by atoms with Gasteiger partial charge in [0.2, 0.25) is 5.91 Å². The monoisotopic (exact) mass is 494 g/mol. The van der Waals surface area contributed by atoms with Crippen LogP contribution in [-0.2, 0) is 25.7 Å². The number of benzene rings is 2. The first-order valence-electron chi connectivity index (χ1n) is 11.8. The van der Waals surface area contributed by atoms with E-state index in [-0.39, 0.29) is 6.61 Å². The molecule has 2 heterocycles. The molecule has 4 amide bonds. The normalized spacial score (nSPS) is 20.7. The Hall–Kier alpha value is -4.08. The number of rotatable bonds is 5. The van der Waals surface area contributed by atoms with Crippen molar-refractivity contribution in [3.05, 3.63) is 66.2 Å². The molecule has 2 saturated heterocycles. The van der Waals surface area contributed by atoms with E-state index in [1.165, 1.54) is 11.9 Å². The van der Waals surface area contributed by atoms with Gasteiger partial charge in [-0.3, -0.25) is 14.9 Å². The third-order valence-corrected chi connectivity index (χ3v) is 7.00. The molecule has 10 nitrogen and oxygen atoms in total. The summed E-state index contributed by atoms with van der Waals surface area (Å²) in [5.41, 5.74) is 0.495. The van der Waals surface area contributed by atoms with Crippen LogP contribution in [0.3, 0.4) is 0 Å². The van der Waals surface area contributed by atoms with Gasteiger partial charge in [0, 0.05) is 32.9 Å². The van der Waals surface area contributed by atoms with Crippen molar-refractivity contribution in [3.63, 3.8) is 0 Å². The number of anilines is 1. The minimum atomic E-state index is -1.28. The van der Waals surface area contributed by atoms with Crippen molar-refractivity contribution in [1.82, 2.24) is 15.1 Å². The van der Waals surface area contributed by atoms with Crippen LogP contribution >= 0.6 is 0 Å². The number of carbonyl (C=O) groups is 4. The summed E-state index contributed by atoms with van der Waals surface area (Å²) in [6.07, 6.45) is -1.87. The first kappa shape index (κ1) is 25.0. The van der Waals surface area contributed by atoms with Crippen molar-refractivity contribution in [2.75, 3.05) is 32.5 Å². The lowest BCUT2D eigenvalue weighted by Gasteiger charge is -2.45. The first-order chi connectivity index (χ1) is 17.4. The molecule has 2 atom stereocenters. The summed E-state index contributed by atoms with van der Waals surface area (Å²) < 4.78 is 11.0. The Balaban J connectivity index is 1.44. The van der Waals surface area contributed by atoms with E-state index in [0.29, 0.717) is 31.6 Å². The molecule has 2 N–H and O–H groups in total. The van der Waals surface area contributed by atoms with Gasteiger partial charge in [0.15, 0.2) is 6.10 Å². The zero-order valence-corrected chi connectivity index (χ0v) is 20.3. The van der Waals surface area contributed by atoms with E-state index < -0.39 is 41.6 Å². The highest BCUT2D eigenvalue weighted by Crippen LogP contribution is 2.44. The fourth-order valence-corrected chi connectivity index (χ4v) is 5.02. The number of amides is 4. The Bertz CT molecular complexity index is 1100. The van der Waals surface area contributed by atoms with Crippen molar-refractivity contribution in [1.29, 1.82) is 0 Å².